The van der Waals surface area contributed by atoms with Crippen LogP contribution in [0.15, 0.2) is 6.33 Å². The first kappa shape index (κ1) is 14.5. The van der Waals surface area contributed by atoms with E-state index < -0.39 is 0 Å². The first-order chi connectivity index (χ1) is 9.19. The molecule has 0 aromatic carbocycles. The van der Waals surface area contributed by atoms with E-state index in [0.29, 0.717) is 12.0 Å². The average Bonchev–Trinajstić information content (AvgIpc) is 2.66. The van der Waals surface area contributed by atoms with Crippen LogP contribution in [0.1, 0.15) is 51.8 Å². The zero-order valence-corrected chi connectivity index (χ0v) is 12.6. The van der Waals surface area contributed by atoms with Gasteiger partial charge in [0.05, 0.1) is 0 Å². The maximum atomic E-state index is 4.48. The van der Waals surface area contributed by atoms with Gasteiger partial charge in [0.1, 0.15) is 12.2 Å². The molecule has 1 aliphatic carbocycles. The summed E-state index contributed by atoms with van der Waals surface area (Å²) in [6.07, 6.45) is 9.47. The summed E-state index contributed by atoms with van der Waals surface area (Å²) in [7, 11) is 2.09. The zero-order valence-electron chi connectivity index (χ0n) is 12.6. The van der Waals surface area contributed by atoms with Gasteiger partial charge in [0.2, 0.25) is 0 Å². The molecular formula is C15H28N4. The molecule has 1 aliphatic rings. The number of hydrogen-bond acceptors (Lipinski definition) is 3. The van der Waals surface area contributed by atoms with Gasteiger partial charge in [0.15, 0.2) is 0 Å². The Morgan fingerprint density at radius 2 is 2.16 bits per heavy atom. The maximum Gasteiger partial charge on any atom is 0.138 e. The van der Waals surface area contributed by atoms with Gasteiger partial charge in [-0.1, -0.05) is 26.7 Å². The minimum absolute atomic E-state index is 0.625. The molecule has 0 saturated heterocycles. The molecule has 2 rings (SSSR count). The maximum absolute atomic E-state index is 4.48. The van der Waals surface area contributed by atoms with Crippen molar-refractivity contribution in [2.45, 2.75) is 65.0 Å². The highest BCUT2D eigenvalue weighted by atomic mass is 15.3. The fourth-order valence-electron chi connectivity index (χ4n) is 3.11. The summed E-state index contributed by atoms with van der Waals surface area (Å²) in [5.41, 5.74) is 0. The first-order valence-corrected chi connectivity index (χ1v) is 7.73. The highest BCUT2D eigenvalue weighted by Crippen LogP contribution is 2.25. The number of rotatable bonds is 5. The molecule has 1 aromatic heterocycles. The molecule has 0 aliphatic heterocycles. The predicted octanol–water partition coefficient (Wildman–Crippen LogP) is 2.64. The molecule has 19 heavy (non-hydrogen) atoms. The van der Waals surface area contributed by atoms with Crippen LogP contribution in [0.4, 0.5) is 0 Å². The molecule has 1 heterocycles. The molecule has 108 valence electrons. The normalized spacial score (nSPS) is 24.6. The molecule has 2 unspecified atom stereocenters. The average molecular weight is 264 g/mol. The molecule has 1 fully saturated rings. The van der Waals surface area contributed by atoms with Crippen molar-refractivity contribution in [2.75, 3.05) is 7.05 Å². The van der Waals surface area contributed by atoms with E-state index in [9.17, 15) is 0 Å². The van der Waals surface area contributed by atoms with Crippen LogP contribution in [0.3, 0.4) is 0 Å². The third-order valence-electron chi connectivity index (χ3n) is 4.15. The zero-order chi connectivity index (χ0) is 13.7. The lowest BCUT2D eigenvalue weighted by Crippen LogP contribution is -2.27. The van der Waals surface area contributed by atoms with E-state index >= 15 is 0 Å². The minimum Gasteiger partial charge on any atom is -0.317 e. The predicted molar refractivity (Wildman–Crippen MR) is 78.0 cm³/mol. The molecule has 4 nitrogen and oxygen atoms in total. The highest BCUT2D eigenvalue weighted by molar-refractivity contribution is 4.90. The topological polar surface area (TPSA) is 42.7 Å². The van der Waals surface area contributed by atoms with Gasteiger partial charge in [-0.25, -0.2) is 9.67 Å². The van der Waals surface area contributed by atoms with Crippen molar-refractivity contribution in [1.82, 2.24) is 20.1 Å². The minimum atomic E-state index is 0.625. The molecule has 4 heteroatoms. The van der Waals surface area contributed by atoms with Crippen molar-refractivity contribution in [3.05, 3.63) is 12.2 Å². The summed E-state index contributed by atoms with van der Waals surface area (Å²) in [4.78, 5) is 4.48. The number of nitrogens with zero attached hydrogens (tertiary/aromatic N) is 3. The summed E-state index contributed by atoms with van der Waals surface area (Å²) in [6.45, 7) is 5.44. The fraction of sp³-hybridized carbons (Fsp3) is 0.867. The van der Waals surface area contributed by atoms with Crippen molar-refractivity contribution >= 4 is 0 Å². The number of nitrogens with one attached hydrogen (secondary N) is 1. The summed E-state index contributed by atoms with van der Waals surface area (Å²) >= 11 is 0. The van der Waals surface area contributed by atoms with Crippen molar-refractivity contribution in [3.8, 4) is 0 Å². The van der Waals surface area contributed by atoms with Crippen molar-refractivity contribution in [3.63, 3.8) is 0 Å². The van der Waals surface area contributed by atoms with E-state index in [1.807, 2.05) is 0 Å². The van der Waals surface area contributed by atoms with Crippen LogP contribution in [0.5, 0.6) is 0 Å². The largest absolute Gasteiger partial charge is 0.317 e. The molecule has 1 aromatic rings. The smallest absolute Gasteiger partial charge is 0.138 e. The molecule has 2 atom stereocenters. The lowest BCUT2D eigenvalue weighted by Gasteiger charge is -2.19. The van der Waals surface area contributed by atoms with E-state index in [0.717, 1.165) is 18.9 Å². The molecular weight excluding hydrogens is 236 g/mol. The van der Waals surface area contributed by atoms with Crippen molar-refractivity contribution in [2.24, 2.45) is 11.8 Å². The van der Waals surface area contributed by atoms with Gasteiger partial charge in [-0.3, -0.25) is 0 Å². The Bertz CT molecular complexity index is 372. The standard InChI is InChI=1S/C15H28N4/c1-12(2)10-19-15(17-11-18-19)9-13-6-4-5-7-14(8-13)16-3/h11-14,16H,4-10H2,1-3H3. The van der Waals surface area contributed by atoms with Crippen LogP contribution in [0.25, 0.3) is 0 Å². The lowest BCUT2D eigenvalue weighted by atomic mass is 9.94. The van der Waals surface area contributed by atoms with Crippen molar-refractivity contribution in [1.29, 1.82) is 0 Å². The monoisotopic (exact) mass is 264 g/mol. The molecule has 1 saturated carbocycles. The van der Waals surface area contributed by atoms with E-state index in [2.05, 4.69) is 41.0 Å². The Labute approximate surface area is 117 Å². The van der Waals surface area contributed by atoms with Gasteiger partial charge in [-0.05, 0) is 38.1 Å². The second kappa shape index (κ2) is 7.04. The molecule has 1 N–H and O–H groups in total. The number of hydrogen-bond donors (Lipinski definition) is 1. The fourth-order valence-corrected chi connectivity index (χ4v) is 3.11. The third kappa shape index (κ3) is 4.30. The van der Waals surface area contributed by atoms with Crippen molar-refractivity contribution < 1.29 is 0 Å². The summed E-state index contributed by atoms with van der Waals surface area (Å²) in [5, 5.41) is 7.83. The highest BCUT2D eigenvalue weighted by Gasteiger charge is 2.21. The second-order valence-electron chi connectivity index (χ2n) is 6.33. The van der Waals surface area contributed by atoms with Gasteiger partial charge >= 0.3 is 0 Å². The Morgan fingerprint density at radius 1 is 1.37 bits per heavy atom. The van der Waals surface area contributed by atoms with Crippen LogP contribution in [-0.4, -0.2) is 27.9 Å². The quantitative estimate of drug-likeness (QED) is 0.831. The lowest BCUT2D eigenvalue weighted by molar-refractivity contribution is 0.379. The van der Waals surface area contributed by atoms with E-state index in [1.165, 1.54) is 37.9 Å². The van der Waals surface area contributed by atoms with E-state index in [-0.39, 0.29) is 0 Å². The Kier molecular flexibility index (Phi) is 5.37. The van der Waals surface area contributed by atoms with Gasteiger partial charge < -0.3 is 5.32 Å². The summed E-state index contributed by atoms with van der Waals surface area (Å²) in [6, 6.07) is 0.689. The molecule has 0 spiro atoms. The Morgan fingerprint density at radius 3 is 2.89 bits per heavy atom. The van der Waals surface area contributed by atoms with Gasteiger partial charge in [-0.15, -0.1) is 0 Å². The third-order valence-corrected chi connectivity index (χ3v) is 4.15. The van der Waals surface area contributed by atoms with Gasteiger partial charge in [-0.2, -0.15) is 5.10 Å². The van der Waals surface area contributed by atoms with Crippen LogP contribution < -0.4 is 5.32 Å². The number of aromatic nitrogens is 3. The van der Waals surface area contributed by atoms with Crippen LogP contribution in [0.2, 0.25) is 0 Å². The van der Waals surface area contributed by atoms with Crippen LogP contribution in [0, 0.1) is 11.8 Å². The van der Waals surface area contributed by atoms with Crippen LogP contribution in [-0.2, 0) is 13.0 Å². The molecule has 0 bridgehead atoms. The SMILES string of the molecule is CNC1CCCCC(Cc2ncnn2CC(C)C)C1. The summed E-state index contributed by atoms with van der Waals surface area (Å²) < 4.78 is 2.10. The van der Waals surface area contributed by atoms with E-state index in [1.54, 1.807) is 6.33 Å². The Hall–Kier alpha value is -0.900. The van der Waals surface area contributed by atoms with E-state index in [4.69, 9.17) is 0 Å². The second-order valence-corrected chi connectivity index (χ2v) is 6.33. The molecule has 0 amide bonds. The van der Waals surface area contributed by atoms with Crippen LogP contribution >= 0.6 is 0 Å². The molecule has 0 radical (unpaired) electrons. The first-order valence-electron chi connectivity index (χ1n) is 7.73. The van der Waals surface area contributed by atoms with Gasteiger partial charge in [0.25, 0.3) is 0 Å². The Balaban J connectivity index is 1.97. The summed E-state index contributed by atoms with van der Waals surface area (Å²) in [5.74, 6) is 2.56. The van der Waals surface area contributed by atoms with Gasteiger partial charge in [0, 0.05) is 19.0 Å².